The summed E-state index contributed by atoms with van der Waals surface area (Å²) < 4.78 is 46.6. The molecule has 1 fully saturated rings. The van der Waals surface area contributed by atoms with Crippen LogP contribution in [0.5, 0.6) is 5.75 Å². The van der Waals surface area contributed by atoms with Crippen LogP contribution in [0, 0.1) is 17.5 Å². The van der Waals surface area contributed by atoms with Crippen molar-refractivity contribution >= 4 is 46.4 Å². The number of nitrogens with one attached hydrogen (secondary N) is 1. The quantitative estimate of drug-likeness (QED) is 0.690. The molecule has 0 amide bonds. The maximum atomic E-state index is 14.1. The predicted molar refractivity (Wildman–Crippen MR) is 102 cm³/mol. The third-order valence-electron chi connectivity index (χ3n) is 3.85. The highest BCUT2D eigenvalue weighted by Gasteiger charge is 2.33. The van der Waals surface area contributed by atoms with Crippen LogP contribution in [0.15, 0.2) is 30.3 Å². The van der Waals surface area contributed by atoms with Crippen molar-refractivity contribution in [2.45, 2.75) is 5.37 Å². The van der Waals surface area contributed by atoms with Crippen molar-refractivity contribution in [2.75, 3.05) is 24.7 Å². The van der Waals surface area contributed by atoms with E-state index in [2.05, 4.69) is 5.32 Å². The zero-order valence-corrected chi connectivity index (χ0v) is 16.0. The number of halogens is 4. The molecule has 1 atom stereocenters. The molecule has 2 aromatic carbocycles. The van der Waals surface area contributed by atoms with Gasteiger partial charge in [0.05, 0.1) is 17.7 Å². The van der Waals surface area contributed by atoms with Crippen LogP contribution in [0.1, 0.15) is 10.9 Å². The highest BCUT2D eigenvalue weighted by atomic mass is 35.5. The molecule has 1 heterocycles. The van der Waals surface area contributed by atoms with Crippen molar-refractivity contribution in [3.63, 3.8) is 0 Å². The first kappa shape index (κ1) is 19.1. The molecule has 138 valence electrons. The molecule has 0 bridgehead atoms. The molecule has 0 spiro atoms. The van der Waals surface area contributed by atoms with Gasteiger partial charge in [0, 0.05) is 30.1 Å². The van der Waals surface area contributed by atoms with Gasteiger partial charge < -0.3 is 15.0 Å². The van der Waals surface area contributed by atoms with Crippen LogP contribution in [0.3, 0.4) is 0 Å². The van der Waals surface area contributed by atoms with Crippen molar-refractivity contribution in [3.05, 3.63) is 58.4 Å². The topological polar surface area (TPSA) is 24.5 Å². The fourth-order valence-electron chi connectivity index (χ4n) is 2.65. The molecule has 1 aliphatic heterocycles. The normalized spacial score (nSPS) is 16.7. The molecule has 0 aliphatic carbocycles. The maximum Gasteiger partial charge on any atom is 0.174 e. The summed E-state index contributed by atoms with van der Waals surface area (Å²) in [6.45, 7) is 0.501. The molecule has 0 unspecified atom stereocenters. The van der Waals surface area contributed by atoms with Gasteiger partial charge in [-0.05, 0) is 30.4 Å². The number of rotatable bonds is 3. The largest absolute Gasteiger partial charge is 0.495 e. The summed E-state index contributed by atoms with van der Waals surface area (Å²) >= 11 is 12.8. The molecule has 3 nitrogen and oxygen atoms in total. The summed E-state index contributed by atoms with van der Waals surface area (Å²) in [6, 6.07) is 6.41. The van der Waals surface area contributed by atoms with Crippen molar-refractivity contribution < 1.29 is 17.9 Å². The van der Waals surface area contributed by atoms with E-state index in [1.54, 1.807) is 23.1 Å². The van der Waals surface area contributed by atoms with Crippen LogP contribution in [-0.2, 0) is 0 Å². The lowest BCUT2D eigenvalue weighted by atomic mass is 10.1. The first-order valence-electron chi connectivity index (χ1n) is 7.58. The minimum atomic E-state index is -0.952. The second-order valence-electron chi connectivity index (χ2n) is 5.48. The van der Waals surface area contributed by atoms with Crippen LogP contribution in [0.2, 0.25) is 5.02 Å². The molecule has 1 aliphatic rings. The Labute approximate surface area is 163 Å². The van der Waals surface area contributed by atoms with E-state index < -0.39 is 22.8 Å². The van der Waals surface area contributed by atoms with Gasteiger partial charge in [0.15, 0.2) is 5.11 Å². The Hall–Kier alpha value is -1.64. The average Bonchev–Trinajstić information content (AvgIpc) is 3.03. The third-order valence-corrected chi connectivity index (χ3v) is 5.70. The summed E-state index contributed by atoms with van der Waals surface area (Å²) in [5.74, 6) is -1.66. The second-order valence-corrected chi connectivity index (χ2v) is 7.46. The van der Waals surface area contributed by atoms with Gasteiger partial charge in [-0.2, -0.15) is 0 Å². The number of ether oxygens (including phenoxy) is 1. The predicted octanol–water partition coefficient (Wildman–Crippen LogP) is 5.21. The van der Waals surface area contributed by atoms with Gasteiger partial charge in [-0.1, -0.05) is 11.6 Å². The minimum absolute atomic E-state index is 0.203. The lowest BCUT2D eigenvalue weighted by Gasteiger charge is -2.27. The number of hydrogen-bond acceptors (Lipinski definition) is 3. The summed E-state index contributed by atoms with van der Waals surface area (Å²) in [5, 5.41) is 3.04. The Kier molecular flexibility index (Phi) is 5.84. The Balaban J connectivity index is 1.82. The molecule has 3 rings (SSSR count). The van der Waals surface area contributed by atoms with Gasteiger partial charge in [0.25, 0.3) is 0 Å². The summed E-state index contributed by atoms with van der Waals surface area (Å²) in [5.41, 5.74) is 0.419. The third kappa shape index (κ3) is 3.87. The van der Waals surface area contributed by atoms with Crippen molar-refractivity contribution in [1.82, 2.24) is 4.90 Å². The smallest absolute Gasteiger partial charge is 0.174 e. The van der Waals surface area contributed by atoms with E-state index in [0.717, 1.165) is 0 Å². The van der Waals surface area contributed by atoms with E-state index >= 15 is 0 Å². The van der Waals surface area contributed by atoms with Gasteiger partial charge in [-0.15, -0.1) is 11.8 Å². The highest BCUT2D eigenvalue weighted by molar-refractivity contribution is 7.99. The number of nitrogens with zero attached hydrogens (tertiary/aromatic N) is 1. The molecule has 9 heteroatoms. The zero-order valence-electron chi connectivity index (χ0n) is 13.6. The monoisotopic (exact) mass is 418 g/mol. The number of thiocarbonyl (C=S) groups is 1. The van der Waals surface area contributed by atoms with Crippen LogP contribution in [-0.4, -0.2) is 29.4 Å². The number of anilines is 1. The van der Waals surface area contributed by atoms with E-state index in [0.29, 0.717) is 46.0 Å². The van der Waals surface area contributed by atoms with Gasteiger partial charge in [0.1, 0.15) is 28.6 Å². The van der Waals surface area contributed by atoms with E-state index in [-0.39, 0.29) is 5.56 Å². The van der Waals surface area contributed by atoms with Crippen molar-refractivity contribution in [1.29, 1.82) is 0 Å². The first-order chi connectivity index (χ1) is 12.4. The maximum absolute atomic E-state index is 14.1. The van der Waals surface area contributed by atoms with Crippen LogP contribution >= 0.6 is 35.6 Å². The molecular formula is C17H14ClF3N2OS2. The molecule has 0 saturated carbocycles. The lowest BCUT2D eigenvalue weighted by molar-refractivity contribution is 0.415. The van der Waals surface area contributed by atoms with E-state index in [1.807, 2.05) is 0 Å². The van der Waals surface area contributed by atoms with Gasteiger partial charge >= 0.3 is 0 Å². The number of hydrogen-bond donors (Lipinski definition) is 1. The van der Waals surface area contributed by atoms with E-state index in [1.165, 1.54) is 18.9 Å². The Bertz CT molecular complexity index is 830. The first-order valence-corrected chi connectivity index (χ1v) is 9.41. The molecule has 0 aromatic heterocycles. The molecule has 0 radical (unpaired) electrons. The van der Waals surface area contributed by atoms with Gasteiger partial charge in [-0.25, -0.2) is 13.2 Å². The molecular weight excluding hydrogens is 405 g/mol. The Morgan fingerprint density at radius 3 is 2.58 bits per heavy atom. The van der Waals surface area contributed by atoms with Crippen LogP contribution in [0.4, 0.5) is 18.9 Å². The highest BCUT2D eigenvalue weighted by Crippen LogP contribution is 2.41. The van der Waals surface area contributed by atoms with Gasteiger partial charge in [-0.3, -0.25) is 0 Å². The zero-order chi connectivity index (χ0) is 18.8. The second kappa shape index (κ2) is 7.94. The summed E-state index contributed by atoms with van der Waals surface area (Å²) in [7, 11) is 1.51. The fraction of sp³-hybridized carbons (Fsp3) is 0.235. The lowest BCUT2D eigenvalue weighted by Crippen LogP contribution is -2.34. The van der Waals surface area contributed by atoms with Crippen molar-refractivity contribution in [3.8, 4) is 5.75 Å². The van der Waals surface area contributed by atoms with Crippen LogP contribution in [0.25, 0.3) is 0 Å². The Morgan fingerprint density at radius 2 is 1.96 bits per heavy atom. The SMILES string of the molecule is COc1ccc(NC(=S)N2CCS[C@@H]2c2c(F)cc(F)cc2F)cc1Cl. The summed E-state index contributed by atoms with van der Waals surface area (Å²) in [6.07, 6.45) is 0. The van der Waals surface area contributed by atoms with E-state index in [9.17, 15) is 13.2 Å². The minimum Gasteiger partial charge on any atom is -0.495 e. The number of methoxy groups -OCH3 is 1. The number of benzene rings is 2. The van der Waals surface area contributed by atoms with Crippen LogP contribution < -0.4 is 10.1 Å². The molecule has 1 N–H and O–H groups in total. The molecule has 26 heavy (non-hydrogen) atoms. The van der Waals surface area contributed by atoms with Crippen molar-refractivity contribution in [2.24, 2.45) is 0 Å². The average molecular weight is 419 g/mol. The molecule has 2 aromatic rings. The molecule has 1 saturated heterocycles. The fourth-order valence-corrected chi connectivity index (χ4v) is 4.59. The summed E-state index contributed by atoms with van der Waals surface area (Å²) in [4.78, 5) is 1.66. The van der Waals surface area contributed by atoms with E-state index in [4.69, 9.17) is 28.6 Å². The number of thioether (sulfide) groups is 1. The standard InChI is InChI=1S/C17H14ClF3N2OS2/c1-24-14-3-2-10(8-11(14)18)22-17(25)23-4-5-26-16(23)15-12(20)6-9(19)7-13(15)21/h2-3,6-8,16H,4-5H2,1H3,(H,22,25)/t16-/m1/s1. The Morgan fingerprint density at radius 1 is 1.27 bits per heavy atom. The van der Waals surface area contributed by atoms with Gasteiger partial charge in [0.2, 0.25) is 0 Å².